The summed E-state index contributed by atoms with van der Waals surface area (Å²) in [5, 5.41) is 9.64. The van der Waals surface area contributed by atoms with Crippen LogP contribution in [0.1, 0.15) is 5.69 Å². The normalized spacial score (nSPS) is 13.2. The molecule has 1 heterocycles. The average molecular weight is 217 g/mol. The fraction of sp³-hybridized carbons (Fsp3) is 0.0909. The first kappa shape index (κ1) is 10.2. The van der Waals surface area contributed by atoms with Gasteiger partial charge in [-0.15, -0.1) is 0 Å². The largest absolute Gasteiger partial charge is 0.480 e. The summed E-state index contributed by atoms with van der Waals surface area (Å²) in [6, 6.07) is 1.59. The number of allylic oxidation sites excluding steroid dienone is 5. The Bertz CT molecular complexity index is 470. The van der Waals surface area contributed by atoms with Crippen molar-refractivity contribution in [3.63, 3.8) is 0 Å². The zero-order valence-electron chi connectivity index (χ0n) is 8.71. The van der Waals surface area contributed by atoms with Gasteiger partial charge in [-0.2, -0.15) is 4.98 Å². The number of hydrogen-bond acceptors (Lipinski definition) is 5. The number of nitrogens with zero attached hydrogens (tertiary/aromatic N) is 2. The van der Waals surface area contributed by atoms with E-state index in [9.17, 15) is 5.11 Å². The average Bonchev–Trinajstić information content (AvgIpc) is 2.68. The Morgan fingerprint density at radius 1 is 1.31 bits per heavy atom. The molecule has 0 bridgehead atoms. The van der Waals surface area contributed by atoms with Crippen molar-refractivity contribution in [2.45, 2.75) is 6.92 Å². The molecule has 1 aromatic rings. The van der Waals surface area contributed by atoms with Crippen molar-refractivity contribution in [1.82, 2.24) is 9.97 Å². The molecule has 16 heavy (non-hydrogen) atoms. The van der Waals surface area contributed by atoms with Crippen molar-refractivity contribution in [3.05, 3.63) is 47.6 Å². The number of anilines is 1. The Kier molecular flexibility index (Phi) is 2.59. The van der Waals surface area contributed by atoms with Gasteiger partial charge in [0.15, 0.2) is 0 Å². The molecule has 1 aliphatic rings. The van der Waals surface area contributed by atoms with E-state index in [0.717, 1.165) is 0 Å². The first-order valence-electron chi connectivity index (χ1n) is 4.72. The summed E-state index contributed by atoms with van der Waals surface area (Å²) in [6.45, 7) is 1.77. The van der Waals surface area contributed by atoms with Crippen LogP contribution in [0.2, 0.25) is 0 Å². The molecule has 82 valence electrons. The third-order valence-corrected chi connectivity index (χ3v) is 1.96. The van der Waals surface area contributed by atoms with E-state index in [4.69, 9.17) is 10.5 Å². The summed E-state index contributed by atoms with van der Waals surface area (Å²) in [5.41, 5.74) is 6.73. The van der Waals surface area contributed by atoms with Crippen LogP contribution >= 0.6 is 0 Å². The minimum Gasteiger partial charge on any atom is -0.480 e. The van der Waals surface area contributed by atoms with Gasteiger partial charge >= 0.3 is 0 Å². The highest BCUT2D eigenvalue weighted by atomic mass is 16.6. The van der Waals surface area contributed by atoms with Crippen molar-refractivity contribution in [1.29, 1.82) is 0 Å². The zero-order chi connectivity index (χ0) is 11.5. The lowest BCUT2D eigenvalue weighted by molar-refractivity contribution is 0.200. The molecular formula is C11H11N3O2. The summed E-state index contributed by atoms with van der Waals surface area (Å²) >= 11 is 0. The monoisotopic (exact) mass is 217 g/mol. The highest BCUT2D eigenvalue weighted by molar-refractivity contribution is 5.41. The van der Waals surface area contributed by atoms with E-state index in [1.165, 1.54) is 0 Å². The Balaban J connectivity index is 2.24. The molecule has 3 N–H and O–H groups in total. The second-order valence-electron chi connectivity index (χ2n) is 3.29. The maximum absolute atomic E-state index is 9.64. The number of aryl methyl sites for hydroxylation is 1. The molecule has 2 rings (SSSR count). The molecule has 0 saturated carbocycles. The van der Waals surface area contributed by atoms with E-state index >= 15 is 0 Å². The molecule has 0 unspecified atom stereocenters. The molecule has 0 aliphatic heterocycles. The Morgan fingerprint density at radius 2 is 2.00 bits per heavy atom. The number of nitrogens with two attached hydrogens (primary N) is 1. The van der Waals surface area contributed by atoms with Gasteiger partial charge in [0.2, 0.25) is 11.8 Å². The number of ether oxygens (including phenoxy) is 1. The number of nitrogen functional groups attached to an aromatic ring is 1. The third kappa shape index (κ3) is 2.20. The number of aliphatic hydroxyl groups excluding tert-OH is 1. The number of aliphatic hydroxyl groups is 1. The summed E-state index contributed by atoms with van der Waals surface area (Å²) in [6.07, 6.45) is 7.06. The van der Waals surface area contributed by atoms with Gasteiger partial charge in [-0.25, -0.2) is 4.98 Å². The van der Waals surface area contributed by atoms with Crippen molar-refractivity contribution in [3.8, 4) is 5.88 Å². The summed E-state index contributed by atoms with van der Waals surface area (Å²) in [4.78, 5) is 7.75. The fourth-order valence-corrected chi connectivity index (χ4v) is 1.29. The van der Waals surface area contributed by atoms with Gasteiger partial charge in [0.25, 0.3) is 5.95 Å². The van der Waals surface area contributed by atoms with E-state index in [-0.39, 0.29) is 17.8 Å². The fourth-order valence-electron chi connectivity index (χ4n) is 1.29. The number of hydrogen-bond donors (Lipinski definition) is 2. The molecular weight excluding hydrogens is 206 g/mol. The minimum atomic E-state index is -0.206. The van der Waals surface area contributed by atoms with Crippen LogP contribution in [0.3, 0.4) is 0 Å². The summed E-state index contributed by atoms with van der Waals surface area (Å²) < 4.78 is 5.16. The molecule has 5 heteroatoms. The molecule has 0 spiro atoms. The summed E-state index contributed by atoms with van der Waals surface area (Å²) in [7, 11) is 0. The molecule has 0 fully saturated rings. The minimum absolute atomic E-state index is 0.116. The van der Waals surface area contributed by atoms with E-state index in [2.05, 4.69) is 9.97 Å². The molecule has 0 aromatic carbocycles. The van der Waals surface area contributed by atoms with Gasteiger partial charge in [-0.1, -0.05) is 12.2 Å². The predicted octanol–water partition coefficient (Wildman–Crippen LogP) is 1.64. The van der Waals surface area contributed by atoms with Crippen LogP contribution in [0.25, 0.3) is 0 Å². The van der Waals surface area contributed by atoms with Gasteiger partial charge in [0, 0.05) is 11.8 Å². The van der Waals surface area contributed by atoms with Crippen molar-refractivity contribution in [2.24, 2.45) is 0 Å². The van der Waals surface area contributed by atoms with Crippen molar-refractivity contribution >= 4 is 5.95 Å². The van der Waals surface area contributed by atoms with Gasteiger partial charge in [-0.3, -0.25) is 0 Å². The maximum atomic E-state index is 9.64. The maximum Gasteiger partial charge on any atom is 0.291 e. The van der Waals surface area contributed by atoms with Crippen molar-refractivity contribution < 1.29 is 9.84 Å². The second kappa shape index (κ2) is 4.06. The lowest BCUT2D eigenvalue weighted by Crippen LogP contribution is -2.03. The van der Waals surface area contributed by atoms with Gasteiger partial charge < -0.3 is 15.6 Å². The zero-order valence-corrected chi connectivity index (χ0v) is 8.71. The molecule has 0 atom stereocenters. The second-order valence-corrected chi connectivity index (χ2v) is 3.29. The topological polar surface area (TPSA) is 81.3 Å². The third-order valence-electron chi connectivity index (χ3n) is 1.96. The van der Waals surface area contributed by atoms with Crippen LogP contribution in [-0.4, -0.2) is 15.1 Å². The smallest absolute Gasteiger partial charge is 0.291 e. The highest BCUT2D eigenvalue weighted by Gasteiger charge is 2.07. The molecule has 0 saturated heterocycles. The van der Waals surface area contributed by atoms with Crippen LogP contribution < -0.4 is 10.5 Å². The lowest BCUT2D eigenvalue weighted by Gasteiger charge is -2.05. The Labute approximate surface area is 92.6 Å². The number of aromatic nitrogens is 2. The van der Waals surface area contributed by atoms with Crippen LogP contribution in [0, 0.1) is 6.92 Å². The molecule has 1 aliphatic carbocycles. The van der Waals surface area contributed by atoms with Crippen LogP contribution in [0.5, 0.6) is 5.88 Å². The molecule has 1 aromatic heterocycles. The van der Waals surface area contributed by atoms with E-state index in [1.807, 2.05) is 0 Å². The predicted molar refractivity (Wildman–Crippen MR) is 59.7 cm³/mol. The molecule has 0 radical (unpaired) electrons. The lowest BCUT2D eigenvalue weighted by atomic mass is 10.3. The van der Waals surface area contributed by atoms with Crippen LogP contribution in [0.4, 0.5) is 5.95 Å². The number of rotatable bonds is 2. The van der Waals surface area contributed by atoms with Gasteiger partial charge in [0.1, 0.15) is 0 Å². The van der Waals surface area contributed by atoms with Gasteiger partial charge in [0.05, 0.1) is 5.57 Å². The first-order chi connectivity index (χ1) is 7.65. The molecule has 5 nitrogen and oxygen atoms in total. The highest BCUT2D eigenvalue weighted by Crippen LogP contribution is 2.17. The van der Waals surface area contributed by atoms with Crippen LogP contribution in [0.15, 0.2) is 41.9 Å². The summed E-state index contributed by atoms with van der Waals surface area (Å²) in [5.74, 6) is 0.136. The first-order valence-corrected chi connectivity index (χ1v) is 4.72. The van der Waals surface area contributed by atoms with Gasteiger partial charge in [-0.05, 0) is 19.1 Å². The van der Waals surface area contributed by atoms with E-state index in [1.54, 1.807) is 37.3 Å². The Morgan fingerprint density at radius 3 is 2.62 bits per heavy atom. The van der Waals surface area contributed by atoms with Crippen molar-refractivity contribution in [2.75, 3.05) is 5.73 Å². The molecule has 0 amide bonds. The Hall–Kier alpha value is -2.30. The van der Waals surface area contributed by atoms with Crippen LogP contribution in [-0.2, 0) is 0 Å². The van der Waals surface area contributed by atoms with E-state index < -0.39 is 0 Å². The quantitative estimate of drug-likeness (QED) is 0.736. The standard InChI is InChI=1S/C11H11N3O2/c1-7-6-9(14-11(12)13-7)16-10(15)8-4-2-3-5-8/h2-6,15H,1H3,(H2,12,13,14). The van der Waals surface area contributed by atoms with E-state index in [0.29, 0.717) is 11.3 Å². The SMILES string of the molecule is Cc1cc(OC(O)=C2C=CC=C2)nc(N)n1.